The van der Waals surface area contributed by atoms with Crippen LogP contribution < -0.4 is 10.6 Å². The van der Waals surface area contributed by atoms with Gasteiger partial charge < -0.3 is 15.1 Å². The zero-order valence-electron chi connectivity index (χ0n) is 15.4. The van der Waals surface area contributed by atoms with Gasteiger partial charge in [-0.3, -0.25) is 9.59 Å². The second kappa shape index (κ2) is 8.44. The van der Waals surface area contributed by atoms with Gasteiger partial charge >= 0.3 is 0 Å². The Morgan fingerprint density at radius 2 is 2.00 bits per heavy atom. The van der Waals surface area contributed by atoms with Crippen LogP contribution in [0.15, 0.2) is 58.5 Å². The Morgan fingerprint density at radius 3 is 2.79 bits per heavy atom. The number of rotatable bonds is 7. The Hall–Kier alpha value is -2.86. The number of amides is 2. The van der Waals surface area contributed by atoms with Gasteiger partial charge in [0.15, 0.2) is 5.76 Å². The summed E-state index contributed by atoms with van der Waals surface area (Å²) in [6.07, 6.45) is 5.10. The molecule has 0 aliphatic heterocycles. The lowest BCUT2D eigenvalue weighted by molar-refractivity contribution is -0.121. The summed E-state index contributed by atoms with van der Waals surface area (Å²) in [7, 11) is 0. The van der Waals surface area contributed by atoms with E-state index in [1.54, 1.807) is 23.5 Å². The molecule has 1 aliphatic carbocycles. The summed E-state index contributed by atoms with van der Waals surface area (Å²) in [6.45, 7) is 0.257. The van der Waals surface area contributed by atoms with Crippen LogP contribution in [0.2, 0.25) is 0 Å². The fourth-order valence-electron chi connectivity index (χ4n) is 3.56. The molecule has 0 radical (unpaired) electrons. The molecular weight excluding hydrogens is 372 g/mol. The Balaban J connectivity index is 1.40. The maximum Gasteiger partial charge on any atom is 0.286 e. The van der Waals surface area contributed by atoms with Crippen molar-refractivity contribution in [3.63, 3.8) is 0 Å². The molecule has 28 heavy (non-hydrogen) atoms. The van der Waals surface area contributed by atoms with Crippen molar-refractivity contribution in [3.8, 4) is 0 Å². The second-order valence-corrected chi connectivity index (χ2v) is 7.86. The maximum absolute atomic E-state index is 12.5. The number of thiophene rings is 1. The molecule has 1 atom stereocenters. The highest BCUT2D eigenvalue weighted by Gasteiger charge is 2.20. The van der Waals surface area contributed by atoms with Crippen LogP contribution in [0.5, 0.6) is 0 Å². The lowest BCUT2D eigenvalue weighted by Crippen LogP contribution is -2.33. The number of furan rings is 1. The summed E-state index contributed by atoms with van der Waals surface area (Å²) in [4.78, 5) is 25.5. The zero-order chi connectivity index (χ0) is 19.3. The van der Waals surface area contributed by atoms with E-state index in [-0.39, 0.29) is 36.6 Å². The van der Waals surface area contributed by atoms with Crippen LogP contribution in [0.4, 0.5) is 0 Å². The fraction of sp³-hybridized carbons (Fsp3) is 0.273. The molecule has 2 aromatic heterocycles. The average molecular weight is 394 g/mol. The van der Waals surface area contributed by atoms with Crippen molar-refractivity contribution in [2.75, 3.05) is 6.54 Å². The summed E-state index contributed by atoms with van der Waals surface area (Å²) in [5.41, 5.74) is 3.91. The van der Waals surface area contributed by atoms with Crippen molar-refractivity contribution in [2.24, 2.45) is 0 Å². The van der Waals surface area contributed by atoms with Crippen molar-refractivity contribution in [2.45, 2.75) is 31.7 Å². The molecule has 0 bridgehead atoms. The van der Waals surface area contributed by atoms with Crippen LogP contribution in [0.1, 0.15) is 51.0 Å². The van der Waals surface area contributed by atoms with E-state index >= 15 is 0 Å². The zero-order valence-corrected chi connectivity index (χ0v) is 16.3. The van der Waals surface area contributed by atoms with E-state index in [2.05, 4.69) is 28.8 Å². The molecule has 2 amide bonds. The van der Waals surface area contributed by atoms with Gasteiger partial charge in [0.25, 0.3) is 5.91 Å². The quantitative estimate of drug-likeness (QED) is 0.639. The molecule has 0 unspecified atom stereocenters. The minimum atomic E-state index is -0.314. The molecule has 0 fully saturated rings. The third-order valence-corrected chi connectivity index (χ3v) is 5.91. The fourth-order valence-corrected chi connectivity index (χ4v) is 4.37. The summed E-state index contributed by atoms with van der Waals surface area (Å²) < 4.78 is 5.05. The molecule has 5 nitrogen and oxygen atoms in total. The third-order valence-electron chi connectivity index (χ3n) is 4.97. The molecule has 2 N–H and O–H groups in total. The van der Waals surface area contributed by atoms with E-state index in [0.29, 0.717) is 0 Å². The van der Waals surface area contributed by atoms with Crippen molar-refractivity contribution >= 4 is 23.2 Å². The van der Waals surface area contributed by atoms with E-state index in [4.69, 9.17) is 4.42 Å². The molecule has 0 saturated carbocycles. The Kier molecular flexibility index (Phi) is 5.58. The van der Waals surface area contributed by atoms with Gasteiger partial charge in [-0.2, -0.15) is 0 Å². The third kappa shape index (κ3) is 4.17. The number of benzene rings is 1. The number of nitrogens with one attached hydrogen (secondary N) is 2. The van der Waals surface area contributed by atoms with Crippen LogP contribution in [0.25, 0.3) is 0 Å². The topological polar surface area (TPSA) is 71.3 Å². The van der Waals surface area contributed by atoms with Crippen LogP contribution in [-0.2, 0) is 17.6 Å². The van der Waals surface area contributed by atoms with Gasteiger partial charge in [0, 0.05) is 17.8 Å². The minimum Gasteiger partial charge on any atom is -0.459 e. The van der Waals surface area contributed by atoms with Gasteiger partial charge in [0.05, 0.1) is 12.3 Å². The highest BCUT2D eigenvalue weighted by molar-refractivity contribution is 7.10. The molecule has 2 heterocycles. The molecule has 0 spiro atoms. The number of aryl methyl sites for hydroxylation is 2. The predicted octanol–water partition coefficient (Wildman–Crippen LogP) is 3.86. The maximum atomic E-state index is 12.5. The molecule has 6 heteroatoms. The lowest BCUT2D eigenvalue weighted by Gasteiger charge is -2.19. The molecule has 0 saturated heterocycles. The van der Waals surface area contributed by atoms with Gasteiger partial charge in [0.2, 0.25) is 5.91 Å². The smallest absolute Gasteiger partial charge is 0.286 e. The number of fused-ring (bicyclic) bond motifs is 1. The highest BCUT2D eigenvalue weighted by Crippen LogP contribution is 2.30. The standard InChI is InChI=1S/C22H22N2O3S/c25-20(10-11-23-22(26)18-6-2-12-27-18)24-21(19-7-3-13-28-19)17-9-8-15-4-1-5-16(15)14-17/h2-3,6-9,12-14,21H,1,4-5,10-11H2,(H,23,26)(H,24,25)/t21-/m0/s1. The first-order valence-corrected chi connectivity index (χ1v) is 10.3. The normalized spacial score (nSPS) is 13.7. The Labute approximate surface area is 167 Å². The summed E-state index contributed by atoms with van der Waals surface area (Å²) in [6, 6.07) is 13.7. The largest absolute Gasteiger partial charge is 0.459 e. The van der Waals surface area contributed by atoms with E-state index < -0.39 is 0 Å². The second-order valence-electron chi connectivity index (χ2n) is 6.88. The number of hydrogen-bond donors (Lipinski definition) is 2. The van der Waals surface area contributed by atoms with Crippen molar-refractivity contribution in [1.29, 1.82) is 0 Å². The first-order valence-electron chi connectivity index (χ1n) is 9.47. The van der Waals surface area contributed by atoms with Crippen molar-refractivity contribution < 1.29 is 14.0 Å². The minimum absolute atomic E-state index is 0.0985. The molecule has 4 rings (SSSR count). The van der Waals surface area contributed by atoms with Gasteiger partial charge in [0.1, 0.15) is 0 Å². The molecule has 1 aromatic carbocycles. The van der Waals surface area contributed by atoms with Crippen LogP contribution in [0, 0.1) is 0 Å². The monoisotopic (exact) mass is 394 g/mol. The Bertz CT molecular complexity index is 948. The van der Waals surface area contributed by atoms with Crippen LogP contribution >= 0.6 is 11.3 Å². The van der Waals surface area contributed by atoms with E-state index in [0.717, 1.165) is 23.3 Å². The molecule has 1 aliphatic rings. The summed E-state index contributed by atoms with van der Waals surface area (Å²) in [5, 5.41) is 7.86. The summed E-state index contributed by atoms with van der Waals surface area (Å²) in [5.74, 6) is -0.167. The van der Waals surface area contributed by atoms with Crippen molar-refractivity contribution in [1.82, 2.24) is 10.6 Å². The predicted molar refractivity (Wildman–Crippen MR) is 108 cm³/mol. The van der Waals surface area contributed by atoms with E-state index in [1.807, 2.05) is 17.5 Å². The SMILES string of the molecule is O=C(CCNC(=O)c1ccco1)N[C@@H](c1ccc2c(c1)CCC2)c1cccs1. The molecule has 144 valence electrons. The van der Waals surface area contributed by atoms with Crippen LogP contribution in [-0.4, -0.2) is 18.4 Å². The van der Waals surface area contributed by atoms with Gasteiger partial charge in [-0.05, 0) is 59.5 Å². The van der Waals surface area contributed by atoms with Gasteiger partial charge in [-0.15, -0.1) is 11.3 Å². The van der Waals surface area contributed by atoms with E-state index in [1.165, 1.54) is 23.8 Å². The lowest BCUT2D eigenvalue weighted by atomic mass is 10.00. The van der Waals surface area contributed by atoms with Gasteiger partial charge in [-0.1, -0.05) is 24.3 Å². The summed E-state index contributed by atoms with van der Waals surface area (Å²) >= 11 is 1.63. The van der Waals surface area contributed by atoms with Crippen LogP contribution in [0.3, 0.4) is 0 Å². The highest BCUT2D eigenvalue weighted by atomic mass is 32.1. The first-order chi connectivity index (χ1) is 13.7. The number of hydrogen-bond acceptors (Lipinski definition) is 4. The van der Waals surface area contributed by atoms with Crippen molar-refractivity contribution in [3.05, 3.63) is 81.4 Å². The number of carbonyl (C=O) groups is 2. The Morgan fingerprint density at radius 1 is 1.11 bits per heavy atom. The van der Waals surface area contributed by atoms with Gasteiger partial charge in [-0.25, -0.2) is 0 Å². The average Bonchev–Trinajstić information content (AvgIpc) is 3.47. The number of carbonyl (C=O) groups excluding carboxylic acids is 2. The first kappa shape index (κ1) is 18.5. The molecular formula is C22H22N2O3S. The molecule has 3 aromatic rings. The van der Waals surface area contributed by atoms with E-state index in [9.17, 15) is 9.59 Å².